The van der Waals surface area contributed by atoms with Crippen LogP contribution in [0.4, 0.5) is 0 Å². The van der Waals surface area contributed by atoms with Crippen LogP contribution in [0, 0.1) is 6.92 Å². The van der Waals surface area contributed by atoms with Crippen LogP contribution in [0.3, 0.4) is 0 Å². The first-order valence-electron chi connectivity index (χ1n) is 9.86. The number of morpholine rings is 1. The van der Waals surface area contributed by atoms with Crippen LogP contribution in [-0.2, 0) is 11.3 Å². The molecule has 0 spiro atoms. The molecule has 2 bridgehead atoms. The van der Waals surface area contributed by atoms with Crippen molar-refractivity contribution in [1.29, 1.82) is 0 Å². The van der Waals surface area contributed by atoms with Gasteiger partial charge in [0.05, 0.1) is 19.3 Å². The average Bonchev–Trinajstić information content (AvgIpc) is 2.69. The van der Waals surface area contributed by atoms with Crippen molar-refractivity contribution in [2.45, 2.75) is 32.0 Å². The molecule has 0 amide bonds. The topological polar surface area (TPSA) is 12.5 Å². The predicted octanol–water partition coefficient (Wildman–Crippen LogP) is 5.20. The van der Waals surface area contributed by atoms with E-state index >= 15 is 0 Å². The summed E-state index contributed by atoms with van der Waals surface area (Å²) in [6.07, 6.45) is 3.51. The van der Waals surface area contributed by atoms with Crippen LogP contribution in [0.2, 0.25) is 0 Å². The van der Waals surface area contributed by atoms with Crippen molar-refractivity contribution in [1.82, 2.24) is 4.90 Å². The van der Waals surface area contributed by atoms with E-state index < -0.39 is 0 Å². The summed E-state index contributed by atoms with van der Waals surface area (Å²) in [4.78, 5) is 2.62. The molecule has 3 aromatic rings. The lowest BCUT2D eigenvalue weighted by atomic mass is 9.86. The molecule has 5 rings (SSSR count). The SMILES string of the molecule is Cc1ccc(C2=CC3COCC(C2)N3Cc2ccccc2)c2ccccc12. The van der Waals surface area contributed by atoms with Gasteiger partial charge in [-0.15, -0.1) is 0 Å². The Morgan fingerprint density at radius 3 is 2.48 bits per heavy atom. The summed E-state index contributed by atoms with van der Waals surface area (Å²) in [5.74, 6) is 0. The molecule has 2 aliphatic heterocycles. The number of rotatable bonds is 3. The Bertz CT molecular complexity index is 992. The van der Waals surface area contributed by atoms with E-state index in [1.807, 2.05) is 0 Å². The highest BCUT2D eigenvalue weighted by atomic mass is 16.5. The first-order valence-corrected chi connectivity index (χ1v) is 9.86. The van der Waals surface area contributed by atoms with Gasteiger partial charge in [0.15, 0.2) is 0 Å². The second-order valence-corrected chi connectivity index (χ2v) is 7.79. The Balaban J connectivity index is 1.52. The molecule has 2 atom stereocenters. The molecule has 136 valence electrons. The molecule has 0 radical (unpaired) electrons. The lowest BCUT2D eigenvalue weighted by molar-refractivity contribution is -0.0402. The third-order valence-corrected chi connectivity index (χ3v) is 6.04. The number of hydrogen-bond acceptors (Lipinski definition) is 2. The van der Waals surface area contributed by atoms with Gasteiger partial charge in [-0.25, -0.2) is 0 Å². The van der Waals surface area contributed by atoms with Gasteiger partial charge >= 0.3 is 0 Å². The molecule has 0 saturated carbocycles. The molecular formula is C25H25NO. The minimum atomic E-state index is 0.354. The monoisotopic (exact) mass is 355 g/mol. The highest BCUT2D eigenvalue weighted by molar-refractivity contribution is 5.96. The van der Waals surface area contributed by atoms with Gasteiger partial charge in [0.25, 0.3) is 0 Å². The maximum absolute atomic E-state index is 5.91. The maximum Gasteiger partial charge on any atom is 0.0658 e. The molecule has 0 N–H and O–H groups in total. The summed E-state index contributed by atoms with van der Waals surface area (Å²) < 4.78 is 5.91. The van der Waals surface area contributed by atoms with Gasteiger partial charge in [-0.2, -0.15) is 0 Å². The molecule has 2 nitrogen and oxygen atoms in total. The minimum absolute atomic E-state index is 0.354. The van der Waals surface area contributed by atoms with Gasteiger partial charge in [0, 0.05) is 12.6 Å². The van der Waals surface area contributed by atoms with Crippen LogP contribution in [0.15, 0.2) is 72.8 Å². The molecule has 27 heavy (non-hydrogen) atoms. The van der Waals surface area contributed by atoms with Crippen molar-refractivity contribution in [3.8, 4) is 0 Å². The number of ether oxygens (including phenoxy) is 1. The quantitative estimate of drug-likeness (QED) is 0.640. The Labute approximate surface area is 161 Å². The molecule has 3 aromatic carbocycles. The van der Waals surface area contributed by atoms with Gasteiger partial charge in [-0.05, 0) is 46.4 Å². The van der Waals surface area contributed by atoms with E-state index in [2.05, 4.69) is 84.6 Å². The van der Waals surface area contributed by atoms with E-state index in [-0.39, 0.29) is 0 Å². The fraction of sp³-hybridized carbons (Fsp3) is 0.280. The molecule has 2 heterocycles. The third-order valence-electron chi connectivity index (χ3n) is 6.04. The zero-order valence-electron chi connectivity index (χ0n) is 15.8. The van der Waals surface area contributed by atoms with E-state index in [1.54, 1.807) is 0 Å². The van der Waals surface area contributed by atoms with Crippen molar-refractivity contribution in [3.05, 3.63) is 89.5 Å². The molecule has 1 saturated heterocycles. The lowest BCUT2D eigenvalue weighted by Gasteiger charge is -2.45. The number of nitrogens with zero attached hydrogens (tertiary/aromatic N) is 1. The Kier molecular flexibility index (Phi) is 4.31. The van der Waals surface area contributed by atoms with Crippen LogP contribution in [0.5, 0.6) is 0 Å². The summed E-state index contributed by atoms with van der Waals surface area (Å²) in [5, 5.41) is 2.74. The molecule has 1 fully saturated rings. The standard InChI is InChI=1S/C25H25NO/c1-18-11-12-24(25-10-6-5-9-23(18)25)20-13-21-16-27-17-22(14-20)26(21)15-19-7-3-2-4-8-19/h2-13,21-22H,14-17H2,1H3. The Morgan fingerprint density at radius 2 is 1.67 bits per heavy atom. The normalized spacial score (nSPS) is 22.6. The first-order chi connectivity index (χ1) is 13.3. The van der Waals surface area contributed by atoms with Crippen molar-refractivity contribution in [2.75, 3.05) is 13.2 Å². The first kappa shape index (κ1) is 16.7. The maximum atomic E-state index is 5.91. The zero-order valence-corrected chi connectivity index (χ0v) is 15.8. The molecular weight excluding hydrogens is 330 g/mol. The number of aryl methyl sites for hydroxylation is 1. The summed E-state index contributed by atoms with van der Waals surface area (Å²) in [5.41, 5.74) is 5.60. The van der Waals surface area contributed by atoms with Gasteiger partial charge in [-0.3, -0.25) is 4.90 Å². The summed E-state index contributed by atoms with van der Waals surface area (Å²) in [6.45, 7) is 4.81. The summed E-state index contributed by atoms with van der Waals surface area (Å²) in [7, 11) is 0. The molecule has 2 aliphatic rings. The van der Waals surface area contributed by atoms with Crippen molar-refractivity contribution >= 4 is 16.3 Å². The van der Waals surface area contributed by atoms with Crippen molar-refractivity contribution < 1.29 is 4.74 Å². The van der Waals surface area contributed by atoms with E-state index in [1.165, 1.54) is 33.0 Å². The number of hydrogen-bond donors (Lipinski definition) is 0. The zero-order chi connectivity index (χ0) is 18.2. The van der Waals surface area contributed by atoms with Crippen LogP contribution in [0.25, 0.3) is 16.3 Å². The van der Waals surface area contributed by atoms with Crippen LogP contribution in [-0.4, -0.2) is 30.2 Å². The predicted molar refractivity (Wildman–Crippen MR) is 112 cm³/mol. The van der Waals surface area contributed by atoms with E-state index in [0.29, 0.717) is 12.1 Å². The van der Waals surface area contributed by atoms with Gasteiger partial charge in [0.1, 0.15) is 0 Å². The van der Waals surface area contributed by atoms with Gasteiger partial charge in [-0.1, -0.05) is 72.8 Å². The van der Waals surface area contributed by atoms with Crippen molar-refractivity contribution in [3.63, 3.8) is 0 Å². The van der Waals surface area contributed by atoms with E-state index in [4.69, 9.17) is 4.74 Å². The number of fused-ring (bicyclic) bond motifs is 3. The van der Waals surface area contributed by atoms with E-state index in [9.17, 15) is 0 Å². The average molecular weight is 355 g/mol. The molecule has 0 aromatic heterocycles. The fourth-order valence-corrected chi connectivity index (χ4v) is 4.63. The van der Waals surface area contributed by atoms with Crippen LogP contribution < -0.4 is 0 Å². The third kappa shape index (κ3) is 3.09. The Hall–Kier alpha value is -2.42. The molecule has 2 heteroatoms. The van der Waals surface area contributed by atoms with E-state index in [0.717, 1.165) is 26.2 Å². The molecule has 0 aliphatic carbocycles. The summed E-state index contributed by atoms with van der Waals surface area (Å²) in [6, 6.07) is 25.0. The number of benzene rings is 3. The van der Waals surface area contributed by atoms with Crippen LogP contribution >= 0.6 is 0 Å². The lowest BCUT2D eigenvalue weighted by Crippen LogP contribution is -2.53. The highest BCUT2D eigenvalue weighted by Gasteiger charge is 2.35. The van der Waals surface area contributed by atoms with Gasteiger partial charge in [0.2, 0.25) is 0 Å². The molecule has 2 unspecified atom stereocenters. The minimum Gasteiger partial charge on any atom is -0.378 e. The highest BCUT2D eigenvalue weighted by Crippen LogP contribution is 2.36. The summed E-state index contributed by atoms with van der Waals surface area (Å²) >= 11 is 0. The van der Waals surface area contributed by atoms with Crippen molar-refractivity contribution in [2.24, 2.45) is 0 Å². The second-order valence-electron chi connectivity index (χ2n) is 7.79. The van der Waals surface area contributed by atoms with Crippen LogP contribution in [0.1, 0.15) is 23.1 Å². The Morgan fingerprint density at radius 1 is 0.889 bits per heavy atom. The smallest absolute Gasteiger partial charge is 0.0658 e. The second kappa shape index (κ2) is 6.95. The van der Waals surface area contributed by atoms with Gasteiger partial charge < -0.3 is 4.74 Å². The largest absolute Gasteiger partial charge is 0.378 e. The fourth-order valence-electron chi connectivity index (χ4n) is 4.63.